The lowest BCUT2D eigenvalue weighted by atomic mass is 9.90. The third-order valence-corrected chi connectivity index (χ3v) is 13.7. The van der Waals surface area contributed by atoms with Crippen molar-refractivity contribution in [3.8, 4) is 0 Å². The number of fused-ring (bicyclic) bond motifs is 2. The number of hydrogen-bond acceptors (Lipinski definition) is 12. The van der Waals surface area contributed by atoms with Gasteiger partial charge in [0.05, 0.1) is 21.9 Å². The highest BCUT2D eigenvalue weighted by Gasteiger charge is 2.47. The lowest BCUT2D eigenvalue weighted by molar-refractivity contribution is -0.162. The van der Waals surface area contributed by atoms with Crippen molar-refractivity contribution in [3.05, 3.63) is 64.8 Å². The minimum Gasteiger partial charge on any atom is -0.438 e. The Morgan fingerprint density at radius 1 is 0.897 bits per heavy atom. The molecule has 58 heavy (non-hydrogen) atoms. The number of pyridine rings is 1. The summed E-state index contributed by atoms with van der Waals surface area (Å²) in [6.45, 7) is 12.0. The zero-order valence-electron chi connectivity index (χ0n) is 34.4. The van der Waals surface area contributed by atoms with Gasteiger partial charge < -0.3 is 24.6 Å². The summed E-state index contributed by atoms with van der Waals surface area (Å²) in [5.41, 5.74) is -0.132. The van der Waals surface area contributed by atoms with E-state index in [1.165, 1.54) is 11.3 Å². The molecule has 16 heteroatoms. The van der Waals surface area contributed by atoms with Gasteiger partial charge in [0, 0.05) is 41.6 Å². The molecule has 0 unspecified atom stereocenters. The quantitative estimate of drug-likeness (QED) is 0.113. The van der Waals surface area contributed by atoms with Gasteiger partial charge in [-0.1, -0.05) is 19.1 Å². The molecule has 2 aromatic heterocycles. The zero-order valence-corrected chi connectivity index (χ0v) is 36.1. The highest BCUT2D eigenvalue weighted by Crippen LogP contribution is 2.52. The standard InChI is InChI=1S/C42H55N4O10PS/c1-26-11-13-30-14-15-33(38(49)45-21-29(22-45)31-10-8-9-17-43-31)46(30)37(48)32(18-26)44-36(47)35-20-28-19-27(12-16-34(28)58-35)23-57(52,55-24-53-39(50)41(2,3)4)56-25-54-40(51)42(5,6)7/h8-10,12,16-17,19-20,26,29-30,32-33H,11,13-15,18,21-25H2,1-7H3,(H,44,47)/t26-,30-,32-,33-/m0/s1. The summed E-state index contributed by atoms with van der Waals surface area (Å²) in [6, 6.07) is 11.4. The van der Waals surface area contributed by atoms with Crippen LogP contribution in [0, 0.1) is 16.7 Å². The number of benzene rings is 1. The van der Waals surface area contributed by atoms with E-state index in [9.17, 15) is 28.5 Å². The molecule has 0 spiro atoms. The Hall–Kier alpha value is -4.17. The maximum atomic E-state index is 14.3. The number of carbonyl (C=O) groups excluding carboxylic acids is 5. The van der Waals surface area contributed by atoms with Crippen molar-refractivity contribution in [2.75, 3.05) is 26.7 Å². The van der Waals surface area contributed by atoms with Gasteiger partial charge in [0.15, 0.2) is 0 Å². The minimum absolute atomic E-state index is 0.0424. The summed E-state index contributed by atoms with van der Waals surface area (Å²) < 4.78 is 36.1. The smallest absolute Gasteiger partial charge is 0.340 e. The topological polar surface area (TPSA) is 171 Å². The number of amides is 3. The van der Waals surface area contributed by atoms with Crippen molar-refractivity contribution in [1.82, 2.24) is 20.1 Å². The first-order valence-electron chi connectivity index (χ1n) is 19.9. The molecule has 314 valence electrons. The van der Waals surface area contributed by atoms with Gasteiger partial charge >= 0.3 is 19.5 Å². The van der Waals surface area contributed by atoms with E-state index in [-0.39, 0.29) is 35.9 Å². The van der Waals surface area contributed by atoms with Gasteiger partial charge in [0.1, 0.15) is 12.1 Å². The SMILES string of the molecule is C[C@H]1CC[C@H]2CC[C@@H](C(=O)N3CC(c4ccccn4)C3)N2C(=O)[C@@H](NC(=O)c2cc3cc(CP(=O)(OCOC(=O)C(C)(C)C)OCOC(=O)C(C)(C)C)ccc3s2)C1. The molecule has 3 aromatic rings. The summed E-state index contributed by atoms with van der Waals surface area (Å²) in [7, 11) is -4.04. The van der Waals surface area contributed by atoms with Crippen LogP contribution in [0.4, 0.5) is 0 Å². The largest absolute Gasteiger partial charge is 0.438 e. The monoisotopic (exact) mass is 838 g/mol. The highest BCUT2D eigenvalue weighted by atomic mass is 32.1. The number of esters is 2. The number of ether oxygens (including phenoxy) is 2. The normalized spacial score (nSPS) is 21.8. The molecular weight excluding hydrogens is 784 g/mol. The Morgan fingerprint density at radius 2 is 1.55 bits per heavy atom. The van der Waals surface area contributed by atoms with Gasteiger partial charge in [0.2, 0.25) is 25.4 Å². The first-order chi connectivity index (χ1) is 27.3. The maximum absolute atomic E-state index is 14.3. The van der Waals surface area contributed by atoms with Gasteiger partial charge in [-0.2, -0.15) is 0 Å². The average Bonchev–Trinajstić information content (AvgIpc) is 3.76. The lowest BCUT2D eigenvalue weighted by Crippen LogP contribution is -2.60. The van der Waals surface area contributed by atoms with Crippen LogP contribution in [0.15, 0.2) is 48.7 Å². The molecule has 5 heterocycles. The molecule has 0 aliphatic carbocycles. The third-order valence-electron chi connectivity index (χ3n) is 10.9. The molecule has 3 aliphatic rings. The van der Waals surface area contributed by atoms with Crippen LogP contribution in [0.5, 0.6) is 0 Å². The van der Waals surface area contributed by atoms with Crippen LogP contribution in [0.2, 0.25) is 0 Å². The molecule has 0 bridgehead atoms. The number of nitrogens with one attached hydrogen (secondary N) is 1. The van der Waals surface area contributed by atoms with Crippen LogP contribution >= 0.6 is 18.9 Å². The van der Waals surface area contributed by atoms with Gasteiger partial charge in [-0.05, 0) is 121 Å². The van der Waals surface area contributed by atoms with Crippen molar-refractivity contribution >= 4 is 58.7 Å². The summed E-state index contributed by atoms with van der Waals surface area (Å²) in [5.74, 6) is -1.41. The van der Waals surface area contributed by atoms with E-state index in [4.69, 9.17) is 18.5 Å². The maximum Gasteiger partial charge on any atom is 0.340 e. The van der Waals surface area contributed by atoms with Crippen LogP contribution in [0.1, 0.15) is 107 Å². The van der Waals surface area contributed by atoms with Crippen molar-refractivity contribution < 1.29 is 47.1 Å². The first-order valence-corrected chi connectivity index (χ1v) is 22.4. The molecule has 1 aromatic carbocycles. The molecule has 3 saturated heterocycles. The van der Waals surface area contributed by atoms with Crippen molar-refractivity contribution in [2.45, 2.75) is 111 Å². The highest BCUT2D eigenvalue weighted by molar-refractivity contribution is 7.53. The van der Waals surface area contributed by atoms with Crippen molar-refractivity contribution in [1.29, 1.82) is 0 Å². The fraction of sp³-hybridized carbons (Fsp3) is 0.571. The molecule has 6 rings (SSSR count). The number of rotatable bonds is 12. The van der Waals surface area contributed by atoms with E-state index >= 15 is 0 Å². The Bertz CT molecular complexity index is 2020. The van der Waals surface area contributed by atoms with Gasteiger partial charge in [-0.25, -0.2) is 0 Å². The Kier molecular flexibility index (Phi) is 13.2. The number of carbonyl (C=O) groups is 5. The molecule has 0 saturated carbocycles. The summed E-state index contributed by atoms with van der Waals surface area (Å²) >= 11 is 1.26. The minimum atomic E-state index is -4.04. The zero-order chi connectivity index (χ0) is 42.0. The van der Waals surface area contributed by atoms with E-state index in [2.05, 4.69) is 17.2 Å². The summed E-state index contributed by atoms with van der Waals surface area (Å²) in [5, 5.41) is 3.71. The molecule has 1 N–H and O–H groups in total. The molecule has 3 amide bonds. The molecular formula is C42H55N4O10PS. The number of thiophene rings is 1. The first kappa shape index (κ1) is 43.4. The van der Waals surface area contributed by atoms with Crippen LogP contribution < -0.4 is 5.32 Å². The van der Waals surface area contributed by atoms with Gasteiger partial charge in [0.25, 0.3) is 5.91 Å². The van der Waals surface area contributed by atoms with Gasteiger partial charge in [-0.15, -0.1) is 11.3 Å². The second kappa shape index (κ2) is 17.6. The number of likely N-dealkylation sites (tertiary alicyclic amines) is 1. The Morgan fingerprint density at radius 3 is 2.17 bits per heavy atom. The van der Waals surface area contributed by atoms with E-state index < -0.39 is 61.9 Å². The molecule has 0 radical (unpaired) electrons. The fourth-order valence-corrected chi connectivity index (χ4v) is 9.73. The van der Waals surface area contributed by atoms with Crippen LogP contribution in [-0.2, 0) is 48.4 Å². The Balaban J connectivity index is 1.13. The molecule has 14 nitrogen and oxygen atoms in total. The van der Waals surface area contributed by atoms with Crippen molar-refractivity contribution in [3.63, 3.8) is 0 Å². The molecule has 3 fully saturated rings. The predicted molar refractivity (Wildman–Crippen MR) is 218 cm³/mol. The lowest BCUT2D eigenvalue weighted by Gasteiger charge is -2.43. The summed E-state index contributed by atoms with van der Waals surface area (Å²) in [6.07, 6.45) is 5.02. The third kappa shape index (κ3) is 10.3. The van der Waals surface area contributed by atoms with E-state index in [0.717, 1.165) is 29.7 Å². The van der Waals surface area contributed by atoms with E-state index in [0.29, 0.717) is 41.8 Å². The van der Waals surface area contributed by atoms with Crippen LogP contribution in [0.3, 0.4) is 0 Å². The average molecular weight is 839 g/mol. The van der Waals surface area contributed by atoms with Crippen LogP contribution in [-0.4, -0.2) is 89.2 Å². The molecule has 3 aliphatic heterocycles. The summed E-state index contributed by atoms with van der Waals surface area (Å²) in [4.78, 5) is 75.1. The van der Waals surface area contributed by atoms with Crippen molar-refractivity contribution in [2.24, 2.45) is 16.7 Å². The second-order valence-corrected chi connectivity index (χ2v) is 20.9. The Labute approximate surface area is 343 Å². The number of hydrogen-bond donors (Lipinski definition) is 1. The van der Waals surface area contributed by atoms with Gasteiger partial charge in [-0.3, -0.25) is 42.6 Å². The second-order valence-electron chi connectivity index (χ2n) is 17.7. The molecule has 4 atom stereocenters. The van der Waals surface area contributed by atoms with E-state index in [1.807, 2.05) is 23.1 Å². The number of aromatic nitrogens is 1. The van der Waals surface area contributed by atoms with Crippen LogP contribution in [0.25, 0.3) is 10.1 Å². The fourth-order valence-electron chi connectivity index (χ4n) is 7.45. The predicted octanol–water partition coefficient (Wildman–Crippen LogP) is 7.02. The number of nitrogens with zero attached hydrogens (tertiary/aromatic N) is 3. The van der Waals surface area contributed by atoms with E-state index in [1.54, 1.807) is 76.9 Å².